The minimum Gasteiger partial charge on any atom is -0.364 e. The predicted molar refractivity (Wildman–Crippen MR) is 54.2 cm³/mol. The van der Waals surface area contributed by atoms with Crippen LogP contribution in [-0.2, 0) is 9.53 Å². The summed E-state index contributed by atoms with van der Waals surface area (Å²) in [4.78, 5) is 13.4. The van der Waals surface area contributed by atoms with Gasteiger partial charge in [-0.1, -0.05) is 18.2 Å². The van der Waals surface area contributed by atoms with E-state index in [1.165, 1.54) is 0 Å². The molecule has 1 amide bonds. The van der Waals surface area contributed by atoms with Gasteiger partial charge in [-0.2, -0.15) is 0 Å². The Hall–Kier alpha value is -1.35. The number of anilines is 1. The number of ether oxygens (including phenoxy) is 1. The molecule has 0 saturated carbocycles. The smallest absolute Gasteiger partial charge is 0.260 e. The molecule has 0 spiro atoms. The van der Waals surface area contributed by atoms with Crippen molar-refractivity contribution < 1.29 is 9.53 Å². The second-order valence-corrected chi connectivity index (χ2v) is 3.29. The number of carbonyl (C=O) groups excluding carboxylic acids is 1. The number of hydrogen-bond donors (Lipinski definition) is 0. The quantitative estimate of drug-likeness (QED) is 0.712. The first-order valence-electron chi connectivity index (χ1n) is 4.73. The lowest BCUT2D eigenvalue weighted by atomic mass is 10.1. The van der Waals surface area contributed by atoms with Gasteiger partial charge in [-0.05, 0) is 13.0 Å². The summed E-state index contributed by atoms with van der Waals surface area (Å²) in [6.45, 7) is 2.45. The van der Waals surface area contributed by atoms with E-state index in [9.17, 15) is 4.79 Å². The molecular formula is C11H13NO2. The molecule has 1 aromatic carbocycles. The second-order valence-electron chi connectivity index (χ2n) is 3.29. The standard InChI is InChI=1S/C11H13NO2/c1-3-14-10-8-6-4-5-7-9(8)12(2)11(10)13/h4-7,10H,3H2,1-2H3. The molecule has 1 aromatic rings. The van der Waals surface area contributed by atoms with Crippen molar-refractivity contribution in [2.45, 2.75) is 13.0 Å². The average molecular weight is 191 g/mol. The van der Waals surface area contributed by atoms with Gasteiger partial charge in [0.25, 0.3) is 5.91 Å². The molecule has 1 unspecified atom stereocenters. The molecule has 0 N–H and O–H groups in total. The van der Waals surface area contributed by atoms with Gasteiger partial charge in [0.2, 0.25) is 0 Å². The zero-order valence-corrected chi connectivity index (χ0v) is 8.36. The molecule has 74 valence electrons. The highest BCUT2D eigenvalue weighted by atomic mass is 16.5. The van der Waals surface area contributed by atoms with Crippen LogP contribution in [0.15, 0.2) is 24.3 Å². The molecule has 1 aliphatic heterocycles. The van der Waals surface area contributed by atoms with Gasteiger partial charge in [-0.15, -0.1) is 0 Å². The van der Waals surface area contributed by atoms with Gasteiger partial charge in [0.05, 0.1) is 0 Å². The van der Waals surface area contributed by atoms with Gasteiger partial charge >= 0.3 is 0 Å². The Morgan fingerprint density at radius 3 is 2.86 bits per heavy atom. The molecule has 0 radical (unpaired) electrons. The Labute approximate surface area is 83.3 Å². The second kappa shape index (κ2) is 3.42. The Kier molecular flexibility index (Phi) is 2.25. The minimum absolute atomic E-state index is 0.0213. The van der Waals surface area contributed by atoms with Gasteiger partial charge in [0, 0.05) is 24.9 Å². The molecule has 1 aliphatic rings. The van der Waals surface area contributed by atoms with Crippen LogP contribution in [0.2, 0.25) is 0 Å². The van der Waals surface area contributed by atoms with E-state index in [4.69, 9.17) is 4.74 Å². The number of rotatable bonds is 2. The fraction of sp³-hybridized carbons (Fsp3) is 0.364. The van der Waals surface area contributed by atoms with Crippen molar-refractivity contribution in [1.29, 1.82) is 0 Å². The number of nitrogens with zero attached hydrogens (tertiary/aromatic N) is 1. The summed E-state index contributed by atoms with van der Waals surface area (Å²) in [6, 6.07) is 7.73. The molecule has 0 aromatic heterocycles. The maximum atomic E-state index is 11.8. The molecule has 3 nitrogen and oxygen atoms in total. The van der Waals surface area contributed by atoms with Crippen LogP contribution in [0.4, 0.5) is 5.69 Å². The van der Waals surface area contributed by atoms with Crippen LogP contribution in [0.25, 0.3) is 0 Å². The van der Waals surface area contributed by atoms with Crippen LogP contribution in [-0.4, -0.2) is 19.6 Å². The molecule has 2 rings (SSSR count). The van der Waals surface area contributed by atoms with Gasteiger partial charge < -0.3 is 9.64 Å². The van der Waals surface area contributed by atoms with Crippen molar-refractivity contribution in [3.8, 4) is 0 Å². The SMILES string of the molecule is CCOC1C(=O)N(C)c2ccccc21. The van der Waals surface area contributed by atoms with Crippen LogP contribution in [0.5, 0.6) is 0 Å². The normalized spacial score (nSPS) is 20.0. The van der Waals surface area contributed by atoms with Crippen molar-refractivity contribution in [1.82, 2.24) is 0 Å². The fourth-order valence-corrected chi connectivity index (χ4v) is 1.77. The number of hydrogen-bond acceptors (Lipinski definition) is 2. The predicted octanol–water partition coefficient (Wildman–Crippen LogP) is 1.74. The molecule has 0 bridgehead atoms. The summed E-state index contributed by atoms with van der Waals surface area (Å²) in [7, 11) is 1.78. The highest BCUT2D eigenvalue weighted by Crippen LogP contribution is 2.36. The van der Waals surface area contributed by atoms with Crippen LogP contribution in [0, 0.1) is 0 Å². The highest BCUT2D eigenvalue weighted by molar-refractivity contribution is 6.03. The molecular weight excluding hydrogens is 178 g/mol. The monoisotopic (exact) mass is 191 g/mol. The summed E-state index contributed by atoms with van der Waals surface area (Å²) in [5, 5.41) is 0. The maximum absolute atomic E-state index is 11.8. The van der Waals surface area contributed by atoms with Gasteiger partial charge in [-0.25, -0.2) is 0 Å². The Morgan fingerprint density at radius 2 is 2.14 bits per heavy atom. The van der Waals surface area contributed by atoms with Crippen LogP contribution in [0.3, 0.4) is 0 Å². The van der Waals surface area contributed by atoms with E-state index in [-0.39, 0.29) is 5.91 Å². The Bertz CT molecular complexity index is 362. The molecule has 0 fully saturated rings. The van der Waals surface area contributed by atoms with Crippen molar-refractivity contribution >= 4 is 11.6 Å². The molecule has 1 heterocycles. The lowest BCUT2D eigenvalue weighted by molar-refractivity contribution is -0.128. The van der Waals surface area contributed by atoms with Crippen molar-refractivity contribution in [2.75, 3.05) is 18.6 Å². The van der Waals surface area contributed by atoms with E-state index < -0.39 is 6.10 Å². The van der Waals surface area contributed by atoms with E-state index in [0.29, 0.717) is 6.61 Å². The van der Waals surface area contributed by atoms with Crippen molar-refractivity contribution in [3.63, 3.8) is 0 Å². The largest absolute Gasteiger partial charge is 0.364 e. The number of carbonyl (C=O) groups is 1. The number of benzene rings is 1. The summed E-state index contributed by atoms with van der Waals surface area (Å²) in [5.74, 6) is 0.0213. The summed E-state index contributed by atoms with van der Waals surface area (Å²) >= 11 is 0. The van der Waals surface area contributed by atoms with E-state index in [2.05, 4.69) is 0 Å². The Morgan fingerprint density at radius 1 is 1.43 bits per heavy atom. The fourth-order valence-electron chi connectivity index (χ4n) is 1.77. The van der Waals surface area contributed by atoms with Gasteiger partial charge in [0.15, 0.2) is 6.10 Å². The minimum atomic E-state index is -0.402. The third kappa shape index (κ3) is 1.21. The first kappa shape index (κ1) is 9.21. The third-order valence-corrected chi connectivity index (χ3v) is 2.47. The molecule has 3 heteroatoms. The van der Waals surface area contributed by atoms with Crippen molar-refractivity contribution in [3.05, 3.63) is 29.8 Å². The van der Waals surface area contributed by atoms with Gasteiger partial charge in [-0.3, -0.25) is 4.79 Å². The Balaban J connectivity index is 2.42. The topological polar surface area (TPSA) is 29.5 Å². The number of para-hydroxylation sites is 1. The van der Waals surface area contributed by atoms with Gasteiger partial charge in [0.1, 0.15) is 0 Å². The zero-order valence-electron chi connectivity index (χ0n) is 8.36. The molecule has 0 saturated heterocycles. The van der Waals surface area contributed by atoms with Crippen LogP contribution < -0.4 is 4.90 Å². The molecule has 1 atom stereocenters. The number of fused-ring (bicyclic) bond motifs is 1. The van der Waals surface area contributed by atoms with E-state index in [1.807, 2.05) is 31.2 Å². The first-order chi connectivity index (χ1) is 6.75. The van der Waals surface area contributed by atoms with Crippen LogP contribution >= 0.6 is 0 Å². The summed E-state index contributed by atoms with van der Waals surface area (Å²) in [6.07, 6.45) is -0.402. The molecule has 14 heavy (non-hydrogen) atoms. The summed E-state index contributed by atoms with van der Waals surface area (Å²) < 4.78 is 5.42. The van der Waals surface area contributed by atoms with Crippen molar-refractivity contribution in [2.24, 2.45) is 0 Å². The number of amides is 1. The van der Waals surface area contributed by atoms with Crippen LogP contribution in [0.1, 0.15) is 18.6 Å². The zero-order chi connectivity index (χ0) is 10.1. The maximum Gasteiger partial charge on any atom is 0.260 e. The molecule has 0 aliphatic carbocycles. The summed E-state index contributed by atoms with van der Waals surface area (Å²) in [5.41, 5.74) is 1.93. The lowest BCUT2D eigenvalue weighted by Gasteiger charge is -2.10. The van der Waals surface area contributed by atoms with E-state index >= 15 is 0 Å². The van der Waals surface area contributed by atoms with E-state index in [0.717, 1.165) is 11.3 Å². The first-order valence-corrected chi connectivity index (χ1v) is 4.73. The number of likely N-dealkylation sites (N-methyl/N-ethyl adjacent to an activating group) is 1. The third-order valence-electron chi connectivity index (χ3n) is 2.47. The lowest BCUT2D eigenvalue weighted by Crippen LogP contribution is -2.25. The highest BCUT2D eigenvalue weighted by Gasteiger charge is 2.35. The average Bonchev–Trinajstić information content (AvgIpc) is 2.45. The van der Waals surface area contributed by atoms with E-state index in [1.54, 1.807) is 11.9 Å².